The van der Waals surface area contributed by atoms with Crippen LogP contribution in [0.1, 0.15) is 17.6 Å². The monoisotopic (exact) mass is 264 g/mol. The zero-order valence-corrected chi connectivity index (χ0v) is 11.1. The Kier molecular flexibility index (Phi) is 4.55. The Balaban J connectivity index is 2.02. The highest BCUT2D eigenvalue weighted by molar-refractivity contribution is 7.09. The lowest BCUT2D eigenvalue weighted by atomic mass is 10.3. The molecule has 0 unspecified atom stereocenters. The number of thiophene rings is 1. The van der Waals surface area contributed by atoms with Crippen LogP contribution in [0.15, 0.2) is 45.5 Å². The molecule has 2 aromatic rings. The van der Waals surface area contributed by atoms with Gasteiger partial charge in [0.15, 0.2) is 0 Å². The minimum Gasteiger partial charge on any atom is -0.468 e. The predicted octanol–water partition coefficient (Wildman–Crippen LogP) is 3.19. The molecule has 0 saturated heterocycles. The fraction of sp³-hybridized carbons (Fsp3) is 0.308. The van der Waals surface area contributed by atoms with Gasteiger partial charge >= 0.3 is 0 Å². The van der Waals surface area contributed by atoms with Gasteiger partial charge in [0, 0.05) is 18.0 Å². The Hall–Kier alpha value is -1.59. The summed E-state index contributed by atoms with van der Waals surface area (Å²) in [4.78, 5) is 3.46. The highest BCUT2D eigenvalue weighted by Gasteiger charge is 2.11. The van der Waals surface area contributed by atoms with Crippen LogP contribution in [0, 0.1) is 0 Å². The van der Waals surface area contributed by atoms with Gasteiger partial charge in [0.25, 0.3) is 0 Å². The summed E-state index contributed by atoms with van der Waals surface area (Å²) in [6.07, 6.45) is 1.67. The molecule has 0 radical (unpaired) electrons. The molecule has 0 spiro atoms. The highest BCUT2D eigenvalue weighted by Crippen LogP contribution is 2.14. The van der Waals surface area contributed by atoms with Gasteiger partial charge in [-0.1, -0.05) is 11.2 Å². The molecule has 0 atom stereocenters. The maximum Gasteiger partial charge on any atom is 0.117 e. The van der Waals surface area contributed by atoms with Crippen molar-refractivity contribution in [3.8, 4) is 0 Å². The summed E-state index contributed by atoms with van der Waals surface area (Å²) in [7, 11) is 0. The first-order chi connectivity index (χ1) is 8.78. The number of nitrogens with zero attached hydrogens (tertiary/aromatic N) is 2. The van der Waals surface area contributed by atoms with Gasteiger partial charge in [-0.3, -0.25) is 4.90 Å². The maximum absolute atomic E-state index is 8.78. The van der Waals surface area contributed by atoms with Gasteiger partial charge in [0.1, 0.15) is 5.76 Å². The largest absolute Gasteiger partial charge is 0.468 e. The molecule has 1 N–H and O–H groups in total. The van der Waals surface area contributed by atoms with Crippen LogP contribution in [0.5, 0.6) is 0 Å². The summed E-state index contributed by atoms with van der Waals surface area (Å²) < 4.78 is 5.36. The van der Waals surface area contributed by atoms with Crippen molar-refractivity contribution in [2.24, 2.45) is 5.16 Å². The average Bonchev–Trinajstić information content (AvgIpc) is 3.02. The molecule has 0 aliphatic carbocycles. The zero-order chi connectivity index (χ0) is 12.8. The van der Waals surface area contributed by atoms with Crippen molar-refractivity contribution in [2.75, 3.05) is 6.54 Å². The minimum absolute atomic E-state index is 0.620. The molecule has 2 aromatic heterocycles. The van der Waals surface area contributed by atoms with Gasteiger partial charge in [0.2, 0.25) is 0 Å². The van der Waals surface area contributed by atoms with Gasteiger partial charge in [-0.05, 0) is 30.5 Å². The van der Waals surface area contributed by atoms with Crippen molar-refractivity contribution in [1.82, 2.24) is 4.90 Å². The third kappa shape index (κ3) is 3.72. The quantitative estimate of drug-likeness (QED) is 0.495. The third-order valence-corrected chi connectivity index (χ3v) is 3.40. The lowest BCUT2D eigenvalue weighted by molar-refractivity contribution is 0.261. The maximum atomic E-state index is 8.78. The second kappa shape index (κ2) is 6.37. The Labute approximate surface area is 110 Å². The Morgan fingerprint density at radius 3 is 2.89 bits per heavy atom. The van der Waals surface area contributed by atoms with Gasteiger partial charge in [0.05, 0.1) is 18.5 Å². The van der Waals surface area contributed by atoms with E-state index in [1.54, 1.807) is 17.6 Å². The van der Waals surface area contributed by atoms with E-state index in [1.165, 1.54) is 4.88 Å². The second-order valence-electron chi connectivity index (χ2n) is 4.14. The van der Waals surface area contributed by atoms with E-state index in [1.807, 2.05) is 25.1 Å². The summed E-state index contributed by atoms with van der Waals surface area (Å²) in [6, 6.07) is 7.97. The first kappa shape index (κ1) is 12.9. The van der Waals surface area contributed by atoms with Crippen LogP contribution in [-0.2, 0) is 13.1 Å². The van der Waals surface area contributed by atoms with E-state index in [0.717, 1.165) is 12.3 Å². The van der Waals surface area contributed by atoms with E-state index < -0.39 is 0 Å². The van der Waals surface area contributed by atoms with E-state index in [2.05, 4.69) is 21.5 Å². The van der Waals surface area contributed by atoms with Crippen molar-refractivity contribution in [2.45, 2.75) is 20.0 Å². The molecule has 0 saturated carbocycles. The number of rotatable bonds is 6. The van der Waals surface area contributed by atoms with Crippen molar-refractivity contribution >= 4 is 17.0 Å². The molecule has 2 heterocycles. The molecule has 0 aliphatic rings. The number of hydrogen-bond acceptors (Lipinski definition) is 5. The van der Waals surface area contributed by atoms with Crippen molar-refractivity contribution in [3.63, 3.8) is 0 Å². The van der Waals surface area contributed by atoms with Crippen LogP contribution in [0.3, 0.4) is 0 Å². The standard InChI is InChI=1S/C13H16N2O2S/c1-11(14-16)8-15(9-12-4-2-6-17-12)10-13-5-3-7-18-13/h2-7,16H,8-10H2,1H3/b14-11+. The van der Waals surface area contributed by atoms with Crippen LogP contribution in [0.2, 0.25) is 0 Å². The summed E-state index contributed by atoms with van der Waals surface area (Å²) in [5.74, 6) is 0.914. The molecular weight excluding hydrogens is 248 g/mol. The van der Waals surface area contributed by atoms with E-state index in [4.69, 9.17) is 9.62 Å². The fourth-order valence-corrected chi connectivity index (χ4v) is 2.51. The van der Waals surface area contributed by atoms with Gasteiger partial charge in [-0.2, -0.15) is 0 Å². The first-order valence-corrected chi connectivity index (χ1v) is 6.60. The molecule has 0 amide bonds. The Bertz CT molecular complexity index is 441. The minimum atomic E-state index is 0.620. The smallest absolute Gasteiger partial charge is 0.117 e. The fourth-order valence-electron chi connectivity index (χ4n) is 1.77. The van der Waals surface area contributed by atoms with Gasteiger partial charge in [-0.25, -0.2) is 0 Å². The second-order valence-corrected chi connectivity index (χ2v) is 5.17. The predicted molar refractivity (Wildman–Crippen MR) is 72.0 cm³/mol. The van der Waals surface area contributed by atoms with Crippen molar-refractivity contribution in [3.05, 3.63) is 46.5 Å². The third-order valence-electron chi connectivity index (χ3n) is 2.54. The van der Waals surface area contributed by atoms with Crippen LogP contribution >= 0.6 is 11.3 Å². The van der Waals surface area contributed by atoms with Crippen LogP contribution in [-0.4, -0.2) is 22.4 Å². The molecule has 0 aliphatic heterocycles. The lowest BCUT2D eigenvalue weighted by Gasteiger charge is -2.19. The van der Waals surface area contributed by atoms with Crippen molar-refractivity contribution < 1.29 is 9.62 Å². The van der Waals surface area contributed by atoms with Gasteiger partial charge in [-0.15, -0.1) is 11.3 Å². The molecular formula is C13H16N2O2S. The molecule has 0 aromatic carbocycles. The lowest BCUT2D eigenvalue weighted by Crippen LogP contribution is -2.27. The molecule has 5 heteroatoms. The number of furan rings is 1. The van der Waals surface area contributed by atoms with E-state index in [9.17, 15) is 0 Å². The summed E-state index contributed by atoms with van der Waals surface area (Å²) in [5.41, 5.74) is 0.693. The summed E-state index contributed by atoms with van der Waals surface area (Å²) in [5, 5.41) is 14.1. The van der Waals surface area contributed by atoms with E-state index in [0.29, 0.717) is 18.8 Å². The SMILES string of the molecule is C/C(CN(Cc1ccco1)Cc1cccs1)=N\O. The van der Waals surface area contributed by atoms with Crippen LogP contribution in [0.4, 0.5) is 0 Å². The normalized spacial score (nSPS) is 12.2. The topological polar surface area (TPSA) is 49.0 Å². The molecule has 96 valence electrons. The highest BCUT2D eigenvalue weighted by atomic mass is 32.1. The summed E-state index contributed by atoms with van der Waals surface area (Å²) in [6.45, 7) is 3.96. The number of hydrogen-bond donors (Lipinski definition) is 1. The Morgan fingerprint density at radius 2 is 2.28 bits per heavy atom. The molecule has 4 nitrogen and oxygen atoms in total. The van der Waals surface area contributed by atoms with Crippen molar-refractivity contribution in [1.29, 1.82) is 0 Å². The average molecular weight is 264 g/mol. The Morgan fingerprint density at radius 1 is 1.39 bits per heavy atom. The molecule has 18 heavy (non-hydrogen) atoms. The molecule has 2 rings (SSSR count). The zero-order valence-electron chi connectivity index (χ0n) is 10.2. The molecule has 0 bridgehead atoms. The molecule has 0 fully saturated rings. The van der Waals surface area contributed by atoms with Gasteiger partial charge < -0.3 is 9.62 Å². The van der Waals surface area contributed by atoms with E-state index >= 15 is 0 Å². The van der Waals surface area contributed by atoms with E-state index in [-0.39, 0.29) is 0 Å². The summed E-state index contributed by atoms with van der Waals surface area (Å²) >= 11 is 1.72. The van der Waals surface area contributed by atoms with Crippen LogP contribution in [0.25, 0.3) is 0 Å². The van der Waals surface area contributed by atoms with Crippen LogP contribution < -0.4 is 0 Å². The number of oxime groups is 1. The first-order valence-electron chi connectivity index (χ1n) is 5.72.